The molecule has 0 spiro atoms. The van der Waals surface area contributed by atoms with Crippen molar-refractivity contribution in [3.63, 3.8) is 0 Å². The van der Waals surface area contributed by atoms with E-state index in [4.69, 9.17) is 32.7 Å². The fourth-order valence-corrected chi connectivity index (χ4v) is 2.92. The lowest BCUT2D eigenvalue weighted by Crippen LogP contribution is -2.42. The second kappa shape index (κ2) is 7.62. The van der Waals surface area contributed by atoms with Crippen LogP contribution in [0.3, 0.4) is 0 Å². The second-order valence-corrected chi connectivity index (χ2v) is 7.72. The minimum absolute atomic E-state index is 0.332. The molecule has 27 heavy (non-hydrogen) atoms. The minimum atomic E-state index is -1.35. The second-order valence-electron chi connectivity index (χ2n) is 5.96. The summed E-state index contributed by atoms with van der Waals surface area (Å²) < 4.78 is 10.6. The summed E-state index contributed by atoms with van der Waals surface area (Å²) >= 11 is 12.7. The SMILES string of the molecule is COc1cc(OC)cc(C(=O)NC(n2nnc3ccccc32)C(C)(Cl)Cl)c1. The molecule has 0 aliphatic carbocycles. The predicted octanol–water partition coefficient (Wildman–Crippen LogP) is 3.57. The highest BCUT2D eigenvalue weighted by atomic mass is 35.5. The molecule has 0 aliphatic rings. The first-order valence-corrected chi connectivity index (χ1v) is 8.80. The van der Waals surface area contributed by atoms with Crippen LogP contribution in [0.1, 0.15) is 23.4 Å². The molecule has 0 aliphatic heterocycles. The smallest absolute Gasteiger partial charge is 0.253 e. The molecule has 0 bridgehead atoms. The van der Waals surface area contributed by atoms with E-state index >= 15 is 0 Å². The average molecular weight is 409 g/mol. The molecule has 1 heterocycles. The maximum absolute atomic E-state index is 12.9. The molecule has 1 aromatic heterocycles. The highest BCUT2D eigenvalue weighted by Gasteiger charge is 2.35. The number of carbonyl (C=O) groups excluding carboxylic acids is 1. The Hall–Kier alpha value is -2.51. The van der Waals surface area contributed by atoms with E-state index in [0.29, 0.717) is 28.1 Å². The van der Waals surface area contributed by atoms with Crippen LogP contribution in [0.25, 0.3) is 11.0 Å². The average Bonchev–Trinajstić information content (AvgIpc) is 3.08. The lowest BCUT2D eigenvalue weighted by Gasteiger charge is -2.27. The number of carbonyl (C=O) groups is 1. The number of ether oxygens (including phenoxy) is 2. The van der Waals surface area contributed by atoms with Crippen LogP contribution in [0.15, 0.2) is 42.5 Å². The molecule has 142 valence electrons. The molecular weight excluding hydrogens is 391 g/mol. The van der Waals surface area contributed by atoms with Gasteiger partial charge in [0.2, 0.25) is 0 Å². The van der Waals surface area contributed by atoms with Gasteiger partial charge in [-0.05, 0) is 31.2 Å². The van der Waals surface area contributed by atoms with E-state index in [1.54, 1.807) is 25.1 Å². The van der Waals surface area contributed by atoms with Gasteiger partial charge in [-0.25, -0.2) is 4.68 Å². The molecule has 3 aromatic rings. The van der Waals surface area contributed by atoms with Gasteiger partial charge in [-0.3, -0.25) is 4.79 Å². The van der Waals surface area contributed by atoms with Crippen molar-refractivity contribution >= 4 is 40.1 Å². The summed E-state index contributed by atoms with van der Waals surface area (Å²) in [6.45, 7) is 1.57. The van der Waals surface area contributed by atoms with Crippen molar-refractivity contribution in [1.29, 1.82) is 0 Å². The van der Waals surface area contributed by atoms with Gasteiger partial charge in [0.25, 0.3) is 5.91 Å². The zero-order valence-corrected chi connectivity index (χ0v) is 16.5. The van der Waals surface area contributed by atoms with E-state index < -0.39 is 16.4 Å². The normalized spacial score (nSPS) is 12.6. The fraction of sp³-hybridized carbons (Fsp3) is 0.278. The van der Waals surface area contributed by atoms with Crippen molar-refractivity contribution in [1.82, 2.24) is 20.3 Å². The van der Waals surface area contributed by atoms with Crippen LogP contribution in [0, 0.1) is 0 Å². The summed E-state index contributed by atoms with van der Waals surface area (Å²) in [7, 11) is 3.02. The summed E-state index contributed by atoms with van der Waals surface area (Å²) in [5.41, 5.74) is 1.69. The fourth-order valence-electron chi connectivity index (χ4n) is 2.63. The van der Waals surface area contributed by atoms with Crippen molar-refractivity contribution in [2.45, 2.75) is 17.4 Å². The van der Waals surface area contributed by atoms with Crippen LogP contribution in [0.4, 0.5) is 0 Å². The molecule has 1 atom stereocenters. The van der Waals surface area contributed by atoms with Crippen molar-refractivity contribution in [2.24, 2.45) is 0 Å². The Bertz CT molecular complexity index is 946. The van der Waals surface area contributed by atoms with Gasteiger partial charge in [-0.2, -0.15) is 0 Å². The topological polar surface area (TPSA) is 78.3 Å². The number of hydrogen-bond donors (Lipinski definition) is 1. The summed E-state index contributed by atoms with van der Waals surface area (Å²) in [6, 6.07) is 12.2. The van der Waals surface area contributed by atoms with Gasteiger partial charge in [-0.15, -0.1) is 5.10 Å². The monoisotopic (exact) mass is 408 g/mol. The number of aromatic nitrogens is 3. The molecule has 0 radical (unpaired) electrons. The largest absolute Gasteiger partial charge is 0.497 e. The van der Waals surface area contributed by atoms with Crippen molar-refractivity contribution in [3.05, 3.63) is 48.0 Å². The first-order chi connectivity index (χ1) is 12.8. The van der Waals surface area contributed by atoms with Crippen molar-refractivity contribution in [2.75, 3.05) is 14.2 Å². The Balaban J connectivity index is 1.98. The number of amides is 1. The molecule has 2 aromatic carbocycles. The molecular formula is C18H18Cl2N4O3. The summed E-state index contributed by atoms with van der Waals surface area (Å²) in [6.07, 6.45) is -0.863. The highest BCUT2D eigenvalue weighted by Crippen LogP contribution is 2.33. The van der Waals surface area contributed by atoms with E-state index in [0.717, 1.165) is 0 Å². The number of benzene rings is 2. The van der Waals surface area contributed by atoms with Gasteiger partial charge in [0.1, 0.15) is 17.0 Å². The Morgan fingerprint density at radius 3 is 2.37 bits per heavy atom. The molecule has 0 saturated heterocycles. The van der Waals surface area contributed by atoms with Crippen LogP contribution < -0.4 is 14.8 Å². The van der Waals surface area contributed by atoms with Gasteiger partial charge in [0.15, 0.2) is 10.5 Å². The molecule has 1 unspecified atom stereocenters. The van der Waals surface area contributed by atoms with Crippen LogP contribution >= 0.6 is 23.2 Å². The van der Waals surface area contributed by atoms with E-state index in [2.05, 4.69) is 15.6 Å². The number of hydrogen-bond acceptors (Lipinski definition) is 5. The zero-order chi connectivity index (χ0) is 19.6. The third-order valence-electron chi connectivity index (χ3n) is 3.98. The Morgan fingerprint density at radius 1 is 1.15 bits per heavy atom. The number of rotatable bonds is 6. The molecule has 0 saturated carbocycles. The van der Waals surface area contributed by atoms with Crippen molar-refractivity contribution < 1.29 is 14.3 Å². The highest BCUT2D eigenvalue weighted by molar-refractivity contribution is 6.48. The third kappa shape index (κ3) is 4.09. The standard InChI is InChI=1S/C18H18Cl2N4O3/c1-18(19,20)17(24-15-7-5-4-6-14(15)22-23-24)21-16(25)11-8-12(26-2)10-13(9-11)27-3/h4-10,17H,1-3H3,(H,21,25). The van der Waals surface area contributed by atoms with Gasteiger partial charge >= 0.3 is 0 Å². The predicted molar refractivity (Wildman–Crippen MR) is 104 cm³/mol. The maximum atomic E-state index is 12.9. The molecule has 7 nitrogen and oxygen atoms in total. The van der Waals surface area contributed by atoms with Crippen LogP contribution in [-0.4, -0.2) is 39.5 Å². The van der Waals surface area contributed by atoms with Crippen molar-refractivity contribution in [3.8, 4) is 11.5 Å². The molecule has 9 heteroatoms. The first kappa shape index (κ1) is 19.3. The zero-order valence-electron chi connectivity index (χ0n) is 14.9. The number of nitrogens with zero attached hydrogens (tertiary/aromatic N) is 3. The Morgan fingerprint density at radius 2 is 1.78 bits per heavy atom. The lowest BCUT2D eigenvalue weighted by molar-refractivity contribution is 0.0910. The van der Waals surface area contributed by atoms with Gasteiger partial charge < -0.3 is 14.8 Å². The van der Waals surface area contributed by atoms with Crippen LogP contribution in [-0.2, 0) is 0 Å². The molecule has 0 fully saturated rings. The van der Waals surface area contributed by atoms with Gasteiger partial charge in [0.05, 0.1) is 19.7 Å². The Labute approximate surface area is 166 Å². The quantitative estimate of drug-likeness (QED) is 0.630. The number of alkyl halides is 2. The first-order valence-electron chi connectivity index (χ1n) is 8.05. The van der Waals surface area contributed by atoms with E-state index in [1.165, 1.54) is 18.9 Å². The van der Waals surface area contributed by atoms with E-state index in [1.807, 2.05) is 24.3 Å². The lowest BCUT2D eigenvalue weighted by atomic mass is 10.1. The number of halogens is 2. The number of methoxy groups -OCH3 is 2. The number of para-hydroxylation sites is 1. The van der Waals surface area contributed by atoms with Crippen LogP contribution in [0.2, 0.25) is 0 Å². The maximum Gasteiger partial charge on any atom is 0.253 e. The molecule has 1 N–H and O–H groups in total. The Kier molecular flexibility index (Phi) is 5.43. The van der Waals surface area contributed by atoms with Gasteiger partial charge in [-0.1, -0.05) is 40.5 Å². The number of nitrogens with one attached hydrogen (secondary N) is 1. The van der Waals surface area contributed by atoms with Gasteiger partial charge in [0, 0.05) is 11.6 Å². The van der Waals surface area contributed by atoms with E-state index in [-0.39, 0.29) is 0 Å². The summed E-state index contributed by atoms with van der Waals surface area (Å²) in [5.74, 6) is 0.563. The van der Waals surface area contributed by atoms with Crippen LogP contribution in [0.5, 0.6) is 11.5 Å². The third-order valence-corrected chi connectivity index (χ3v) is 4.40. The summed E-state index contributed by atoms with van der Waals surface area (Å²) in [4.78, 5) is 12.9. The minimum Gasteiger partial charge on any atom is -0.497 e. The molecule has 3 rings (SSSR count). The van der Waals surface area contributed by atoms with E-state index in [9.17, 15) is 4.79 Å². The summed E-state index contributed by atoms with van der Waals surface area (Å²) in [5, 5.41) is 11.0. The number of fused-ring (bicyclic) bond motifs is 1. The molecule has 1 amide bonds.